The van der Waals surface area contributed by atoms with E-state index in [1.54, 1.807) is 18.5 Å². The maximum Gasteiger partial charge on any atom is 0.0485 e. The average molecular weight is 189 g/mol. The van der Waals surface area contributed by atoms with Gasteiger partial charge in [0.2, 0.25) is 0 Å². The Morgan fingerprint density at radius 3 is 2.92 bits per heavy atom. The van der Waals surface area contributed by atoms with Crippen molar-refractivity contribution in [3.63, 3.8) is 0 Å². The van der Waals surface area contributed by atoms with Crippen LogP contribution < -0.4 is 0 Å². The molecule has 1 aromatic carbocycles. The summed E-state index contributed by atoms with van der Waals surface area (Å²) in [6, 6.07) is 12.3. The largest absolute Gasteiger partial charge is 0.264 e. The fraction of sp³-hybridized carbons (Fsp3) is 0. The summed E-state index contributed by atoms with van der Waals surface area (Å²) in [5.74, 6) is 0. The van der Waals surface area contributed by atoms with Crippen LogP contribution in [0.3, 0.4) is 0 Å². The highest BCUT2D eigenvalue weighted by molar-refractivity contribution is 6.33. The van der Waals surface area contributed by atoms with E-state index in [0.29, 0.717) is 0 Å². The molecule has 0 spiro atoms. The van der Waals surface area contributed by atoms with Gasteiger partial charge in [-0.05, 0) is 24.3 Å². The molecule has 63 valence electrons. The van der Waals surface area contributed by atoms with Crippen LogP contribution in [0.25, 0.3) is 11.1 Å². The summed E-state index contributed by atoms with van der Waals surface area (Å²) >= 11 is 6.01. The van der Waals surface area contributed by atoms with Gasteiger partial charge in [-0.3, -0.25) is 4.98 Å². The molecule has 0 saturated carbocycles. The van der Waals surface area contributed by atoms with E-state index >= 15 is 0 Å². The Hall–Kier alpha value is -1.34. The summed E-state index contributed by atoms with van der Waals surface area (Å²) in [5.41, 5.74) is 1.99. The highest BCUT2D eigenvalue weighted by Crippen LogP contribution is 2.25. The molecule has 1 heterocycles. The minimum atomic E-state index is 0.728. The lowest BCUT2D eigenvalue weighted by molar-refractivity contribution is 1.33. The maximum atomic E-state index is 6.01. The quantitative estimate of drug-likeness (QED) is 0.670. The standard InChI is InChI=1S/C11H7ClN/c12-11-6-2-1-5-10(11)9-4-3-7-13-8-9/h2-8H. The van der Waals surface area contributed by atoms with Crippen molar-refractivity contribution in [1.29, 1.82) is 0 Å². The van der Waals surface area contributed by atoms with Gasteiger partial charge in [0.1, 0.15) is 0 Å². The molecule has 2 heteroatoms. The smallest absolute Gasteiger partial charge is 0.0485 e. The van der Waals surface area contributed by atoms with Crippen molar-refractivity contribution in [2.45, 2.75) is 0 Å². The average Bonchev–Trinajstić information content (AvgIpc) is 2.20. The van der Waals surface area contributed by atoms with Crippen molar-refractivity contribution in [3.8, 4) is 11.1 Å². The Labute approximate surface area is 82.0 Å². The molecule has 1 nitrogen and oxygen atoms in total. The van der Waals surface area contributed by atoms with E-state index in [9.17, 15) is 0 Å². The normalized spacial score (nSPS) is 9.92. The molecule has 2 rings (SSSR count). The SMILES string of the molecule is Clc1cc[c]cc1-c1cccnc1. The summed E-state index contributed by atoms with van der Waals surface area (Å²) < 4.78 is 0. The van der Waals surface area contributed by atoms with E-state index < -0.39 is 0 Å². The fourth-order valence-corrected chi connectivity index (χ4v) is 1.38. The first-order valence-electron chi connectivity index (χ1n) is 3.94. The van der Waals surface area contributed by atoms with Crippen LogP contribution in [0.15, 0.2) is 42.7 Å². The third-order valence-corrected chi connectivity index (χ3v) is 2.11. The molecule has 1 aromatic heterocycles. The summed E-state index contributed by atoms with van der Waals surface area (Å²) in [7, 11) is 0. The molecule has 0 aliphatic rings. The van der Waals surface area contributed by atoms with Crippen LogP contribution in [0.5, 0.6) is 0 Å². The first-order valence-corrected chi connectivity index (χ1v) is 4.32. The fourth-order valence-electron chi connectivity index (χ4n) is 1.15. The maximum absolute atomic E-state index is 6.01. The molecule has 13 heavy (non-hydrogen) atoms. The zero-order valence-electron chi connectivity index (χ0n) is 6.87. The van der Waals surface area contributed by atoms with Gasteiger partial charge in [0.15, 0.2) is 0 Å². The third kappa shape index (κ3) is 1.70. The van der Waals surface area contributed by atoms with E-state index in [2.05, 4.69) is 11.1 Å². The van der Waals surface area contributed by atoms with E-state index in [-0.39, 0.29) is 0 Å². The van der Waals surface area contributed by atoms with Crippen LogP contribution in [0.2, 0.25) is 5.02 Å². The van der Waals surface area contributed by atoms with Gasteiger partial charge in [-0.15, -0.1) is 0 Å². The van der Waals surface area contributed by atoms with Gasteiger partial charge in [-0.2, -0.15) is 0 Å². The summed E-state index contributed by atoms with van der Waals surface area (Å²) in [5, 5.41) is 0.728. The predicted molar refractivity (Wildman–Crippen MR) is 53.5 cm³/mol. The Morgan fingerprint density at radius 1 is 1.31 bits per heavy atom. The van der Waals surface area contributed by atoms with Crippen LogP contribution in [-0.2, 0) is 0 Å². The van der Waals surface area contributed by atoms with Crippen LogP contribution in [-0.4, -0.2) is 4.98 Å². The molecule has 0 saturated heterocycles. The van der Waals surface area contributed by atoms with E-state index in [4.69, 9.17) is 11.6 Å². The second-order valence-corrected chi connectivity index (χ2v) is 3.05. The van der Waals surface area contributed by atoms with Gasteiger partial charge >= 0.3 is 0 Å². The highest BCUT2D eigenvalue weighted by atomic mass is 35.5. The van der Waals surface area contributed by atoms with Gasteiger partial charge in [0.05, 0.1) is 0 Å². The van der Waals surface area contributed by atoms with Crippen molar-refractivity contribution < 1.29 is 0 Å². The number of hydrogen-bond acceptors (Lipinski definition) is 1. The topological polar surface area (TPSA) is 12.9 Å². The van der Waals surface area contributed by atoms with Gasteiger partial charge in [-0.25, -0.2) is 0 Å². The molecular formula is C11H7ClN. The minimum absolute atomic E-state index is 0.728. The second kappa shape index (κ2) is 3.58. The summed E-state index contributed by atoms with van der Waals surface area (Å²) in [6.45, 7) is 0. The molecule has 0 aliphatic carbocycles. The number of benzene rings is 1. The number of halogens is 1. The van der Waals surface area contributed by atoms with Crippen molar-refractivity contribution in [1.82, 2.24) is 4.98 Å². The lowest BCUT2D eigenvalue weighted by Gasteiger charge is -2.01. The van der Waals surface area contributed by atoms with Crippen molar-refractivity contribution >= 4 is 11.6 Å². The number of hydrogen-bond donors (Lipinski definition) is 0. The zero-order valence-corrected chi connectivity index (χ0v) is 7.62. The first kappa shape index (κ1) is 8.27. The Bertz CT molecular complexity index is 398. The van der Waals surface area contributed by atoms with E-state index in [1.807, 2.05) is 24.3 Å². The van der Waals surface area contributed by atoms with Crippen molar-refractivity contribution in [2.24, 2.45) is 0 Å². The lowest BCUT2D eigenvalue weighted by atomic mass is 10.1. The lowest BCUT2D eigenvalue weighted by Crippen LogP contribution is -1.79. The summed E-state index contributed by atoms with van der Waals surface area (Å²) in [6.07, 6.45) is 3.53. The molecule has 0 N–H and O–H groups in total. The number of pyridine rings is 1. The van der Waals surface area contributed by atoms with Crippen molar-refractivity contribution in [3.05, 3.63) is 53.8 Å². The third-order valence-electron chi connectivity index (χ3n) is 1.78. The molecule has 0 atom stereocenters. The molecule has 0 aliphatic heterocycles. The summed E-state index contributed by atoms with van der Waals surface area (Å²) in [4.78, 5) is 4.03. The van der Waals surface area contributed by atoms with E-state index in [0.717, 1.165) is 16.1 Å². The minimum Gasteiger partial charge on any atom is -0.264 e. The molecular weight excluding hydrogens is 182 g/mol. The van der Waals surface area contributed by atoms with Gasteiger partial charge < -0.3 is 0 Å². The zero-order chi connectivity index (χ0) is 9.10. The van der Waals surface area contributed by atoms with Gasteiger partial charge in [-0.1, -0.05) is 23.7 Å². The first-order chi connectivity index (χ1) is 6.38. The van der Waals surface area contributed by atoms with Gasteiger partial charge in [0.25, 0.3) is 0 Å². The van der Waals surface area contributed by atoms with Crippen LogP contribution in [0, 0.1) is 6.07 Å². The Balaban J connectivity index is 2.54. The van der Waals surface area contributed by atoms with Crippen LogP contribution >= 0.6 is 11.6 Å². The molecule has 1 radical (unpaired) electrons. The van der Waals surface area contributed by atoms with E-state index in [1.165, 1.54) is 0 Å². The second-order valence-electron chi connectivity index (χ2n) is 2.65. The molecule has 0 unspecified atom stereocenters. The molecule has 0 bridgehead atoms. The predicted octanol–water partition coefficient (Wildman–Crippen LogP) is 3.20. The molecule has 0 fully saturated rings. The monoisotopic (exact) mass is 188 g/mol. The number of nitrogens with zero attached hydrogens (tertiary/aromatic N) is 1. The highest BCUT2D eigenvalue weighted by Gasteiger charge is 2.00. The van der Waals surface area contributed by atoms with Crippen LogP contribution in [0.1, 0.15) is 0 Å². The number of rotatable bonds is 1. The Kier molecular flexibility index (Phi) is 2.28. The Morgan fingerprint density at radius 2 is 2.23 bits per heavy atom. The van der Waals surface area contributed by atoms with Crippen LogP contribution in [0.4, 0.5) is 0 Å². The molecule has 2 aromatic rings. The number of aromatic nitrogens is 1. The molecule has 0 amide bonds. The van der Waals surface area contributed by atoms with Gasteiger partial charge in [0, 0.05) is 28.5 Å². The van der Waals surface area contributed by atoms with Crippen molar-refractivity contribution in [2.75, 3.05) is 0 Å².